The van der Waals surface area contributed by atoms with Gasteiger partial charge >= 0.3 is 0 Å². The van der Waals surface area contributed by atoms with E-state index in [-0.39, 0.29) is 0 Å². The van der Waals surface area contributed by atoms with Gasteiger partial charge in [0.05, 0.1) is 47.7 Å². The number of benzene rings is 4. The second-order valence-electron chi connectivity index (χ2n) is 8.36. The molecule has 0 aliphatic heterocycles. The van der Waals surface area contributed by atoms with Crippen LogP contribution in [0.5, 0.6) is 11.5 Å². The standard InChI is InChI=1S/C28H27Cl3N4O2/c1-15-16(2)27(34-20-10-12-23(36-3)21(31)14-20)28(33-19-8-5-17(29)6-9-19)25(32)26(15)35-22-13-18(30)7-11-24(22)37-4/h5-14,33-35H,32H2,1-4H3. The molecule has 37 heavy (non-hydrogen) atoms. The van der Waals surface area contributed by atoms with E-state index in [9.17, 15) is 0 Å². The first-order chi connectivity index (χ1) is 17.7. The molecule has 6 nitrogen and oxygen atoms in total. The van der Waals surface area contributed by atoms with Gasteiger partial charge in [-0.05, 0) is 85.6 Å². The number of hydrogen-bond acceptors (Lipinski definition) is 6. The van der Waals surface area contributed by atoms with E-state index in [1.807, 2.05) is 50.2 Å². The van der Waals surface area contributed by atoms with E-state index < -0.39 is 0 Å². The second-order valence-corrected chi connectivity index (χ2v) is 9.64. The maximum absolute atomic E-state index is 6.83. The zero-order valence-electron chi connectivity index (χ0n) is 20.8. The van der Waals surface area contributed by atoms with Crippen molar-refractivity contribution in [2.45, 2.75) is 13.8 Å². The van der Waals surface area contributed by atoms with Crippen LogP contribution in [0.1, 0.15) is 11.1 Å². The molecule has 0 heterocycles. The van der Waals surface area contributed by atoms with E-state index in [1.54, 1.807) is 38.5 Å². The Kier molecular flexibility index (Phi) is 8.13. The Morgan fingerprint density at radius 2 is 1.19 bits per heavy atom. The van der Waals surface area contributed by atoms with E-state index in [0.29, 0.717) is 43.6 Å². The summed E-state index contributed by atoms with van der Waals surface area (Å²) in [4.78, 5) is 0. The third-order valence-electron chi connectivity index (χ3n) is 6.06. The van der Waals surface area contributed by atoms with Gasteiger partial charge in [0.1, 0.15) is 11.5 Å². The number of halogens is 3. The van der Waals surface area contributed by atoms with Crippen molar-refractivity contribution in [3.05, 3.63) is 86.9 Å². The number of nitrogens with two attached hydrogens (primary N) is 1. The van der Waals surface area contributed by atoms with Gasteiger partial charge in [0.2, 0.25) is 0 Å². The van der Waals surface area contributed by atoms with Crippen LogP contribution in [0, 0.1) is 13.8 Å². The van der Waals surface area contributed by atoms with Crippen LogP contribution in [0.15, 0.2) is 60.7 Å². The van der Waals surface area contributed by atoms with Crippen LogP contribution in [-0.4, -0.2) is 14.2 Å². The molecule has 192 valence electrons. The van der Waals surface area contributed by atoms with Gasteiger partial charge in [-0.25, -0.2) is 0 Å². The molecule has 0 radical (unpaired) electrons. The molecule has 9 heteroatoms. The number of anilines is 7. The summed E-state index contributed by atoms with van der Waals surface area (Å²) in [6.45, 7) is 4.03. The molecule has 0 saturated heterocycles. The van der Waals surface area contributed by atoms with Gasteiger partial charge in [0, 0.05) is 21.4 Å². The highest BCUT2D eigenvalue weighted by Crippen LogP contribution is 2.46. The van der Waals surface area contributed by atoms with Crippen molar-refractivity contribution < 1.29 is 9.47 Å². The molecule has 4 aromatic carbocycles. The van der Waals surface area contributed by atoms with Gasteiger partial charge in [-0.3, -0.25) is 0 Å². The summed E-state index contributed by atoms with van der Waals surface area (Å²) >= 11 is 18.8. The maximum Gasteiger partial charge on any atom is 0.142 e. The lowest BCUT2D eigenvalue weighted by molar-refractivity contribution is 0.415. The molecule has 0 aromatic heterocycles. The van der Waals surface area contributed by atoms with Crippen molar-refractivity contribution >= 4 is 74.6 Å². The second kappa shape index (κ2) is 11.3. The van der Waals surface area contributed by atoms with E-state index in [0.717, 1.165) is 33.9 Å². The maximum atomic E-state index is 6.83. The predicted octanol–water partition coefficient (Wildman–Crippen LogP) is 9.09. The third kappa shape index (κ3) is 5.77. The summed E-state index contributed by atoms with van der Waals surface area (Å²) < 4.78 is 10.8. The van der Waals surface area contributed by atoms with Gasteiger partial charge < -0.3 is 31.2 Å². The van der Waals surface area contributed by atoms with Gasteiger partial charge in [-0.2, -0.15) is 0 Å². The average molecular weight is 558 g/mol. The highest BCUT2D eigenvalue weighted by atomic mass is 35.5. The van der Waals surface area contributed by atoms with Crippen LogP contribution in [-0.2, 0) is 0 Å². The molecular weight excluding hydrogens is 531 g/mol. The Bertz CT molecular complexity index is 1440. The van der Waals surface area contributed by atoms with E-state index in [4.69, 9.17) is 50.0 Å². The smallest absolute Gasteiger partial charge is 0.142 e. The molecule has 5 N–H and O–H groups in total. The SMILES string of the molecule is COc1ccc(Nc2c(C)c(C)c(Nc3cc(Cl)ccc3OC)c(N)c2Nc2ccc(Cl)cc2)cc1Cl. The first-order valence-electron chi connectivity index (χ1n) is 11.4. The first kappa shape index (κ1) is 26.6. The quantitative estimate of drug-likeness (QED) is 0.162. The van der Waals surface area contributed by atoms with Crippen molar-refractivity contribution in [2.24, 2.45) is 0 Å². The molecule has 0 saturated carbocycles. The molecule has 0 atom stereocenters. The van der Waals surface area contributed by atoms with Gasteiger partial charge in [0.15, 0.2) is 0 Å². The van der Waals surface area contributed by atoms with Crippen molar-refractivity contribution in [3.63, 3.8) is 0 Å². The molecular formula is C28H27Cl3N4O2. The molecule has 0 aliphatic carbocycles. The molecule has 0 bridgehead atoms. The molecule has 0 unspecified atom stereocenters. The highest BCUT2D eigenvalue weighted by molar-refractivity contribution is 6.32. The van der Waals surface area contributed by atoms with E-state index >= 15 is 0 Å². The molecule has 0 aliphatic rings. The molecule has 4 aromatic rings. The summed E-state index contributed by atoms with van der Waals surface area (Å²) in [5, 5.41) is 12.1. The summed E-state index contributed by atoms with van der Waals surface area (Å²) in [5.74, 6) is 1.23. The van der Waals surface area contributed by atoms with Crippen LogP contribution >= 0.6 is 34.8 Å². The number of nitrogens with one attached hydrogen (secondary N) is 3. The normalized spacial score (nSPS) is 10.7. The van der Waals surface area contributed by atoms with Gasteiger partial charge in [-0.1, -0.05) is 34.8 Å². The molecule has 4 rings (SSSR count). The minimum Gasteiger partial charge on any atom is -0.495 e. The number of methoxy groups -OCH3 is 2. The fourth-order valence-corrected chi connectivity index (χ4v) is 4.51. The summed E-state index contributed by atoms with van der Waals surface area (Å²) in [7, 11) is 3.19. The Hall–Kier alpha value is -3.45. The third-order valence-corrected chi connectivity index (χ3v) is 6.84. The summed E-state index contributed by atoms with van der Waals surface area (Å²) in [6.07, 6.45) is 0. The number of ether oxygens (including phenoxy) is 2. The monoisotopic (exact) mass is 556 g/mol. The Morgan fingerprint density at radius 1 is 0.622 bits per heavy atom. The topological polar surface area (TPSA) is 80.6 Å². The van der Waals surface area contributed by atoms with Crippen molar-refractivity contribution in [3.8, 4) is 11.5 Å². The van der Waals surface area contributed by atoms with Crippen molar-refractivity contribution in [1.82, 2.24) is 0 Å². The van der Waals surface area contributed by atoms with Crippen molar-refractivity contribution in [1.29, 1.82) is 0 Å². The lowest BCUT2D eigenvalue weighted by Crippen LogP contribution is -2.09. The lowest BCUT2D eigenvalue weighted by atomic mass is 10.0. The summed E-state index contributed by atoms with van der Waals surface area (Å²) in [6, 6.07) is 18.3. The molecule has 0 spiro atoms. The fraction of sp³-hybridized carbons (Fsp3) is 0.143. The zero-order valence-corrected chi connectivity index (χ0v) is 23.1. The van der Waals surface area contributed by atoms with Crippen LogP contribution in [0.2, 0.25) is 15.1 Å². The first-order valence-corrected chi connectivity index (χ1v) is 12.5. The van der Waals surface area contributed by atoms with Crippen LogP contribution in [0.4, 0.5) is 39.8 Å². The van der Waals surface area contributed by atoms with Crippen LogP contribution in [0.3, 0.4) is 0 Å². The number of nitrogen functional groups attached to an aromatic ring is 1. The summed E-state index contributed by atoms with van der Waals surface area (Å²) in [5.41, 5.74) is 13.8. The number of hydrogen-bond donors (Lipinski definition) is 4. The van der Waals surface area contributed by atoms with Crippen LogP contribution < -0.4 is 31.2 Å². The average Bonchev–Trinajstić information content (AvgIpc) is 2.88. The van der Waals surface area contributed by atoms with Crippen LogP contribution in [0.25, 0.3) is 0 Å². The Morgan fingerprint density at radius 3 is 1.84 bits per heavy atom. The lowest BCUT2D eigenvalue weighted by Gasteiger charge is -2.25. The minimum absolute atomic E-state index is 0.494. The predicted molar refractivity (Wildman–Crippen MR) is 158 cm³/mol. The Labute approximate surface area is 231 Å². The van der Waals surface area contributed by atoms with Gasteiger partial charge in [-0.15, -0.1) is 0 Å². The fourth-order valence-electron chi connectivity index (χ4n) is 3.95. The van der Waals surface area contributed by atoms with Crippen molar-refractivity contribution in [2.75, 3.05) is 35.9 Å². The largest absolute Gasteiger partial charge is 0.495 e. The van der Waals surface area contributed by atoms with E-state index in [2.05, 4.69) is 16.0 Å². The molecule has 0 amide bonds. The van der Waals surface area contributed by atoms with Gasteiger partial charge in [0.25, 0.3) is 0 Å². The zero-order chi connectivity index (χ0) is 26.7. The number of rotatable bonds is 8. The van der Waals surface area contributed by atoms with E-state index in [1.165, 1.54) is 0 Å². The highest BCUT2D eigenvalue weighted by Gasteiger charge is 2.20. The Balaban J connectivity index is 1.85. The minimum atomic E-state index is 0.494. The molecule has 0 fully saturated rings.